The van der Waals surface area contributed by atoms with Gasteiger partial charge in [-0.15, -0.1) is 0 Å². The molecule has 7 aromatic carbocycles. The minimum atomic E-state index is -0.0514. The lowest BCUT2D eigenvalue weighted by Crippen LogP contribution is -2.23. The second kappa shape index (κ2) is 11.1. The molecule has 0 aromatic heterocycles. The zero-order valence-corrected chi connectivity index (χ0v) is 26.3. The van der Waals surface area contributed by atoms with Gasteiger partial charge in [0.1, 0.15) is 0 Å². The van der Waals surface area contributed by atoms with Crippen LogP contribution in [0.2, 0.25) is 0 Å². The summed E-state index contributed by atoms with van der Waals surface area (Å²) in [6, 6.07) is 59.6. The molecule has 0 saturated carbocycles. The van der Waals surface area contributed by atoms with Crippen molar-refractivity contribution in [2.24, 2.45) is 0 Å². The summed E-state index contributed by atoms with van der Waals surface area (Å²) in [7, 11) is 0. The third-order valence-electron chi connectivity index (χ3n) is 9.13. The summed E-state index contributed by atoms with van der Waals surface area (Å²) in [5, 5.41) is 2.46. The highest BCUT2D eigenvalue weighted by atomic mass is 32.2. The van der Waals surface area contributed by atoms with Crippen LogP contribution in [0.1, 0.15) is 25.0 Å². The van der Waals surface area contributed by atoms with Gasteiger partial charge >= 0.3 is 0 Å². The highest BCUT2D eigenvalue weighted by Gasteiger charge is 2.33. The van der Waals surface area contributed by atoms with Crippen molar-refractivity contribution in [3.8, 4) is 22.3 Å². The van der Waals surface area contributed by atoms with Crippen molar-refractivity contribution in [1.29, 1.82) is 0 Å². The van der Waals surface area contributed by atoms with Crippen molar-refractivity contribution in [2.45, 2.75) is 29.1 Å². The minimum Gasteiger partial charge on any atom is -0.310 e. The van der Waals surface area contributed by atoms with Crippen LogP contribution in [0, 0.1) is 0 Å². The molecule has 7 aromatic rings. The predicted molar refractivity (Wildman–Crippen MR) is 192 cm³/mol. The van der Waals surface area contributed by atoms with Crippen LogP contribution >= 0.6 is 11.8 Å². The van der Waals surface area contributed by atoms with Crippen molar-refractivity contribution >= 4 is 39.6 Å². The van der Waals surface area contributed by atoms with E-state index < -0.39 is 0 Å². The molecule has 216 valence electrons. The Labute approximate surface area is 269 Å². The van der Waals surface area contributed by atoms with Crippen molar-refractivity contribution in [2.75, 3.05) is 4.90 Å². The maximum Gasteiger partial charge on any atom is 0.0540 e. The second-order valence-electron chi connectivity index (χ2n) is 12.2. The Bertz CT molecular complexity index is 2140. The van der Waals surface area contributed by atoms with Gasteiger partial charge in [0.2, 0.25) is 0 Å². The molecule has 1 nitrogen and oxygen atoms in total. The average Bonchev–Trinajstić information content (AvgIpc) is 3.10. The normalized spacial score (nSPS) is 13.2. The first kappa shape index (κ1) is 27.5. The molecule has 1 aliphatic rings. The van der Waals surface area contributed by atoms with Crippen molar-refractivity contribution in [1.82, 2.24) is 0 Å². The lowest BCUT2D eigenvalue weighted by molar-refractivity contribution is 0.607. The standard InChI is InChI=1S/C43H33NS/c1-43(2)38-16-8-9-18-41(38)45-42-28-23-34(29-39(42)43)32-21-26-36(27-22-32)44(40-17-10-14-33-13-6-7-15-37(33)40)35-24-19-31(20-25-35)30-11-4-3-5-12-30/h3-29H,1-2H3. The van der Waals surface area contributed by atoms with Crippen molar-refractivity contribution < 1.29 is 0 Å². The molecule has 0 spiro atoms. The van der Waals surface area contributed by atoms with Gasteiger partial charge in [-0.25, -0.2) is 0 Å². The number of anilines is 3. The first-order valence-corrected chi connectivity index (χ1v) is 16.3. The van der Waals surface area contributed by atoms with Gasteiger partial charge in [0.25, 0.3) is 0 Å². The molecule has 8 rings (SSSR count). The van der Waals surface area contributed by atoms with Crippen LogP contribution in [-0.2, 0) is 5.41 Å². The molecule has 0 amide bonds. The Balaban J connectivity index is 1.19. The van der Waals surface area contributed by atoms with E-state index in [0.29, 0.717) is 0 Å². The second-order valence-corrected chi connectivity index (χ2v) is 13.3. The van der Waals surface area contributed by atoms with Crippen LogP contribution < -0.4 is 4.90 Å². The van der Waals surface area contributed by atoms with Crippen LogP contribution in [0.5, 0.6) is 0 Å². The van der Waals surface area contributed by atoms with Crippen LogP contribution in [0.15, 0.2) is 174 Å². The first-order valence-electron chi connectivity index (χ1n) is 15.5. The van der Waals surface area contributed by atoms with E-state index in [1.807, 2.05) is 11.8 Å². The fraction of sp³-hybridized carbons (Fsp3) is 0.0698. The number of benzene rings is 7. The topological polar surface area (TPSA) is 3.24 Å². The minimum absolute atomic E-state index is 0.0514. The van der Waals surface area contributed by atoms with E-state index in [1.165, 1.54) is 59.6 Å². The van der Waals surface area contributed by atoms with Gasteiger partial charge in [-0.3, -0.25) is 0 Å². The highest BCUT2D eigenvalue weighted by Crippen LogP contribution is 2.50. The number of hydrogen-bond donors (Lipinski definition) is 0. The van der Waals surface area contributed by atoms with Gasteiger partial charge in [0.05, 0.1) is 5.69 Å². The maximum absolute atomic E-state index is 2.40. The molecular weight excluding hydrogens is 563 g/mol. The molecule has 0 radical (unpaired) electrons. The molecule has 45 heavy (non-hydrogen) atoms. The van der Waals surface area contributed by atoms with Crippen molar-refractivity contribution in [3.05, 3.63) is 175 Å². The molecule has 1 heterocycles. The van der Waals surface area contributed by atoms with Crippen molar-refractivity contribution in [3.63, 3.8) is 0 Å². The lowest BCUT2D eigenvalue weighted by Gasteiger charge is -2.35. The molecule has 0 saturated heterocycles. The third-order valence-corrected chi connectivity index (χ3v) is 10.3. The van der Waals surface area contributed by atoms with E-state index in [-0.39, 0.29) is 5.41 Å². The molecular formula is C43H33NS. The zero-order valence-electron chi connectivity index (χ0n) is 25.4. The molecule has 0 unspecified atom stereocenters. The van der Waals surface area contributed by atoms with Gasteiger partial charge in [-0.1, -0.05) is 141 Å². The number of fused-ring (bicyclic) bond motifs is 3. The van der Waals surface area contributed by atoms with E-state index in [2.05, 4.69) is 183 Å². The summed E-state index contributed by atoms with van der Waals surface area (Å²) in [6.07, 6.45) is 0. The summed E-state index contributed by atoms with van der Waals surface area (Å²) >= 11 is 1.88. The summed E-state index contributed by atoms with van der Waals surface area (Å²) in [5.74, 6) is 0. The number of rotatable bonds is 5. The SMILES string of the molecule is CC1(C)c2ccccc2Sc2ccc(-c3ccc(N(c4ccc(-c5ccccc5)cc4)c4cccc5ccccc45)cc3)cc21. The van der Waals surface area contributed by atoms with Gasteiger partial charge < -0.3 is 4.90 Å². The van der Waals surface area contributed by atoms with E-state index in [1.54, 1.807) is 0 Å². The first-order chi connectivity index (χ1) is 22.1. The Morgan fingerprint density at radius 2 is 1.00 bits per heavy atom. The number of nitrogens with zero attached hydrogens (tertiary/aromatic N) is 1. The van der Waals surface area contributed by atoms with Crippen LogP contribution in [-0.4, -0.2) is 0 Å². The van der Waals surface area contributed by atoms with E-state index in [4.69, 9.17) is 0 Å². The molecule has 0 N–H and O–H groups in total. The van der Waals surface area contributed by atoms with Gasteiger partial charge in [0, 0.05) is 32.0 Å². The molecule has 0 atom stereocenters. The summed E-state index contributed by atoms with van der Waals surface area (Å²) in [6.45, 7) is 4.70. The molecule has 0 aliphatic carbocycles. The molecule has 0 fully saturated rings. The lowest BCUT2D eigenvalue weighted by atomic mass is 9.77. The zero-order chi connectivity index (χ0) is 30.4. The Morgan fingerprint density at radius 3 is 1.76 bits per heavy atom. The van der Waals surface area contributed by atoms with Gasteiger partial charge in [0.15, 0.2) is 0 Å². The van der Waals surface area contributed by atoms with Crippen LogP contribution in [0.3, 0.4) is 0 Å². The third kappa shape index (κ3) is 4.92. The Hall–Kier alpha value is -5.05. The fourth-order valence-electron chi connectivity index (χ4n) is 6.69. The van der Waals surface area contributed by atoms with Gasteiger partial charge in [-0.2, -0.15) is 0 Å². The number of hydrogen-bond acceptors (Lipinski definition) is 2. The van der Waals surface area contributed by atoms with Gasteiger partial charge in [-0.05, 0) is 87.3 Å². The van der Waals surface area contributed by atoms with E-state index in [0.717, 1.165) is 11.4 Å². The van der Waals surface area contributed by atoms with Crippen LogP contribution in [0.4, 0.5) is 17.1 Å². The fourth-order valence-corrected chi connectivity index (χ4v) is 8.07. The molecule has 2 heteroatoms. The largest absolute Gasteiger partial charge is 0.310 e. The summed E-state index contributed by atoms with van der Waals surface area (Å²) in [4.78, 5) is 5.09. The average molecular weight is 596 g/mol. The van der Waals surface area contributed by atoms with E-state index in [9.17, 15) is 0 Å². The smallest absolute Gasteiger partial charge is 0.0540 e. The molecule has 0 bridgehead atoms. The quantitative estimate of drug-likeness (QED) is 0.195. The van der Waals surface area contributed by atoms with Crippen LogP contribution in [0.25, 0.3) is 33.0 Å². The van der Waals surface area contributed by atoms with E-state index >= 15 is 0 Å². The Morgan fingerprint density at radius 1 is 0.444 bits per heavy atom. The molecule has 1 aliphatic heterocycles. The monoisotopic (exact) mass is 595 g/mol. The summed E-state index contributed by atoms with van der Waals surface area (Å²) in [5.41, 5.74) is 11.1. The predicted octanol–water partition coefficient (Wildman–Crippen LogP) is 12.4. The highest BCUT2D eigenvalue weighted by molar-refractivity contribution is 7.99. The maximum atomic E-state index is 2.40. The Kier molecular flexibility index (Phi) is 6.81. The summed E-state index contributed by atoms with van der Waals surface area (Å²) < 4.78 is 0.